The van der Waals surface area contributed by atoms with Gasteiger partial charge in [-0.15, -0.1) is 0 Å². The van der Waals surface area contributed by atoms with Gasteiger partial charge in [0.2, 0.25) is 0 Å². The van der Waals surface area contributed by atoms with Crippen molar-refractivity contribution in [1.29, 1.82) is 0 Å². The van der Waals surface area contributed by atoms with Crippen molar-refractivity contribution in [2.45, 2.75) is 51.6 Å². The fourth-order valence-corrected chi connectivity index (χ4v) is 2.61. The van der Waals surface area contributed by atoms with Gasteiger partial charge in [-0.25, -0.2) is 0 Å². The molecule has 0 aromatic heterocycles. The normalized spacial score (nSPS) is 23.7. The molecule has 0 spiro atoms. The number of thioether (sulfide) groups is 1. The second kappa shape index (κ2) is 7.36. The first kappa shape index (κ1) is 12.1. The third kappa shape index (κ3) is 5.06. The van der Waals surface area contributed by atoms with Gasteiger partial charge in [0.25, 0.3) is 0 Å². The molecule has 1 N–H and O–H groups in total. The van der Waals surface area contributed by atoms with Gasteiger partial charge in [-0.3, -0.25) is 0 Å². The lowest BCUT2D eigenvalue weighted by molar-refractivity contribution is 0.451. The Morgan fingerprint density at radius 2 is 2.43 bits per heavy atom. The predicted octanol–water partition coefficient (Wildman–Crippen LogP) is 3.22. The van der Waals surface area contributed by atoms with Crippen LogP contribution in [0.25, 0.3) is 0 Å². The van der Waals surface area contributed by atoms with Crippen molar-refractivity contribution in [1.82, 2.24) is 5.32 Å². The van der Waals surface area contributed by atoms with Crippen LogP contribution in [0.5, 0.6) is 0 Å². The molecule has 1 aliphatic carbocycles. The maximum absolute atomic E-state index is 3.68. The van der Waals surface area contributed by atoms with E-state index >= 15 is 0 Å². The standard InChI is InChI=1S/C12H23NS/c1-3-14-10-9-11(2)13-12-7-5-4-6-8-12/h5,7,11-13H,3-4,6,8-10H2,1-2H3. The number of rotatable bonds is 6. The molecule has 2 heteroatoms. The van der Waals surface area contributed by atoms with E-state index in [9.17, 15) is 0 Å². The Bertz CT molecular complexity index is 168. The van der Waals surface area contributed by atoms with Gasteiger partial charge in [0.05, 0.1) is 0 Å². The first-order valence-corrected chi connectivity index (χ1v) is 6.99. The summed E-state index contributed by atoms with van der Waals surface area (Å²) >= 11 is 2.04. The van der Waals surface area contributed by atoms with Crippen molar-refractivity contribution < 1.29 is 0 Å². The molecule has 0 aliphatic heterocycles. The van der Waals surface area contributed by atoms with Crippen molar-refractivity contribution in [3.63, 3.8) is 0 Å². The van der Waals surface area contributed by atoms with E-state index in [-0.39, 0.29) is 0 Å². The Kier molecular flexibility index (Phi) is 6.37. The van der Waals surface area contributed by atoms with E-state index < -0.39 is 0 Å². The highest BCUT2D eigenvalue weighted by atomic mass is 32.2. The van der Waals surface area contributed by atoms with E-state index in [1.165, 1.54) is 37.2 Å². The zero-order chi connectivity index (χ0) is 10.2. The molecular weight excluding hydrogens is 190 g/mol. The molecule has 0 amide bonds. The van der Waals surface area contributed by atoms with Crippen molar-refractivity contribution >= 4 is 11.8 Å². The van der Waals surface area contributed by atoms with E-state index in [0.29, 0.717) is 12.1 Å². The summed E-state index contributed by atoms with van der Waals surface area (Å²) in [5.41, 5.74) is 0. The molecule has 0 saturated carbocycles. The van der Waals surface area contributed by atoms with Crippen molar-refractivity contribution in [2.24, 2.45) is 0 Å². The van der Waals surface area contributed by atoms with Crippen LogP contribution in [0.4, 0.5) is 0 Å². The highest BCUT2D eigenvalue weighted by molar-refractivity contribution is 7.99. The number of hydrogen-bond donors (Lipinski definition) is 1. The average molecular weight is 213 g/mol. The Labute approximate surface area is 92.7 Å². The summed E-state index contributed by atoms with van der Waals surface area (Å²) in [5, 5.41) is 3.68. The summed E-state index contributed by atoms with van der Waals surface area (Å²) in [5.74, 6) is 2.54. The molecule has 1 nitrogen and oxygen atoms in total. The van der Waals surface area contributed by atoms with Gasteiger partial charge >= 0.3 is 0 Å². The molecule has 0 radical (unpaired) electrons. The van der Waals surface area contributed by atoms with Gasteiger partial charge in [-0.05, 0) is 44.1 Å². The van der Waals surface area contributed by atoms with E-state index in [0.717, 1.165) is 0 Å². The minimum Gasteiger partial charge on any atom is -0.308 e. The summed E-state index contributed by atoms with van der Waals surface area (Å²) in [4.78, 5) is 0. The Morgan fingerprint density at radius 1 is 1.57 bits per heavy atom. The minimum absolute atomic E-state index is 0.644. The molecule has 2 atom stereocenters. The van der Waals surface area contributed by atoms with Crippen LogP contribution in [0.3, 0.4) is 0 Å². The van der Waals surface area contributed by atoms with Gasteiger partial charge in [-0.1, -0.05) is 19.1 Å². The molecule has 0 saturated heterocycles. The van der Waals surface area contributed by atoms with Crippen molar-refractivity contribution in [3.05, 3.63) is 12.2 Å². The predicted molar refractivity (Wildman–Crippen MR) is 67.0 cm³/mol. The number of allylic oxidation sites excluding steroid dienone is 1. The van der Waals surface area contributed by atoms with Crippen LogP contribution in [0.1, 0.15) is 39.5 Å². The van der Waals surface area contributed by atoms with Crippen LogP contribution >= 0.6 is 11.8 Å². The third-order valence-electron chi connectivity index (χ3n) is 2.65. The SMILES string of the molecule is CCSCCC(C)NC1C=CCCC1. The van der Waals surface area contributed by atoms with Crippen molar-refractivity contribution in [2.75, 3.05) is 11.5 Å². The summed E-state index contributed by atoms with van der Waals surface area (Å²) in [6, 6.07) is 1.31. The molecule has 0 fully saturated rings. The lowest BCUT2D eigenvalue weighted by Gasteiger charge is -2.22. The second-order valence-corrected chi connectivity index (χ2v) is 5.41. The fraction of sp³-hybridized carbons (Fsp3) is 0.833. The maximum atomic E-state index is 3.68. The highest BCUT2D eigenvalue weighted by Crippen LogP contribution is 2.12. The van der Waals surface area contributed by atoms with E-state index in [2.05, 4.69) is 31.3 Å². The summed E-state index contributed by atoms with van der Waals surface area (Å²) < 4.78 is 0. The van der Waals surface area contributed by atoms with Gasteiger partial charge in [-0.2, -0.15) is 11.8 Å². The molecule has 82 valence electrons. The van der Waals surface area contributed by atoms with Crippen LogP contribution in [-0.2, 0) is 0 Å². The third-order valence-corrected chi connectivity index (χ3v) is 3.58. The first-order chi connectivity index (χ1) is 6.83. The lowest BCUT2D eigenvalue weighted by Crippen LogP contribution is -2.36. The van der Waals surface area contributed by atoms with Crippen molar-refractivity contribution in [3.8, 4) is 0 Å². The van der Waals surface area contributed by atoms with Gasteiger partial charge in [0, 0.05) is 12.1 Å². The summed E-state index contributed by atoms with van der Waals surface area (Å²) in [6.45, 7) is 4.53. The number of hydrogen-bond acceptors (Lipinski definition) is 2. The molecule has 2 unspecified atom stereocenters. The quantitative estimate of drug-likeness (QED) is 0.537. The molecule has 0 aromatic carbocycles. The van der Waals surface area contributed by atoms with Crippen LogP contribution in [0.15, 0.2) is 12.2 Å². The van der Waals surface area contributed by atoms with Crippen LogP contribution in [0, 0.1) is 0 Å². The van der Waals surface area contributed by atoms with E-state index in [1.54, 1.807) is 0 Å². The molecule has 1 rings (SSSR count). The second-order valence-electron chi connectivity index (χ2n) is 4.02. The topological polar surface area (TPSA) is 12.0 Å². The first-order valence-electron chi connectivity index (χ1n) is 5.83. The molecule has 1 aliphatic rings. The zero-order valence-corrected chi connectivity index (χ0v) is 10.3. The van der Waals surface area contributed by atoms with E-state index in [4.69, 9.17) is 0 Å². The summed E-state index contributed by atoms with van der Waals surface area (Å²) in [6.07, 6.45) is 9.90. The Morgan fingerprint density at radius 3 is 3.07 bits per heavy atom. The minimum atomic E-state index is 0.644. The molecule has 14 heavy (non-hydrogen) atoms. The summed E-state index contributed by atoms with van der Waals surface area (Å²) in [7, 11) is 0. The molecule has 0 aromatic rings. The zero-order valence-electron chi connectivity index (χ0n) is 9.46. The van der Waals surface area contributed by atoms with E-state index in [1.807, 2.05) is 11.8 Å². The molecule has 0 heterocycles. The van der Waals surface area contributed by atoms with Gasteiger partial charge in [0.15, 0.2) is 0 Å². The largest absolute Gasteiger partial charge is 0.308 e. The Balaban J connectivity index is 2.09. The maximum Gasteiger partial charge on any atom is 0.0252 e. The Hall–Kier alpha value is 0.0500. The van der Waals surface area contributed by atoms with Gasteiger partial charge in [0.1, 0.15) is 0 Å². The lowest BCUT2D eigenvalue weighted by atomic mass is 10.0. The van der Waals surface area contributed by atoms with Gasteiger partial charge < -0.3 is 5.32 Å². The molecule has 0 bridgehead atoms. The monoisotopic (exact) mass is 213 g/mol. The number of nitrogens with one attached hydrogen (secondary N) is 1. The highest BCUT2D eigenvalue weighted by Gasteiger charge is 2.10. The molecular formula is C12H23NS. The van der Waals surface area contributed by atoms with Crippen LogP contribution in [-0.4, -0.2) is 23.6 Å². The average Bonchev–Trinajstić information content (AvgIpc) is 2.20. The van der Waals surface area contributed by atoms with Crippen LogP contribution < -0.4 is 5.32 Å². The fourth-order valence-electron chi connectivity index (χ4n) is 1.80. The smallest absolute Gasteiger partial charge is 0.0252 e. The van der Waals surface area contributed by atoms with Crippen LogP contribution in [0.2, 0.25) is 0 Å².